The molecule has 28 heavy (non-hydrogen) atoms. The third-order valence-corrected chi connectivity index (χ3v) is 5.44. The number of hydrogen-bond acceptors (Lipinski definition) is 4. The summed E-state index contributed by atoms with van der Waals surface area (Å²) in [4.78, 5) is 37.8. The van der Waals surface area contributed by atoms with Gasteiger partial charge in [0.2, 0.25) is 17.7 Å². The number of anilines is 3. The van der Waals surface area contributed by atoms with Crippen LogP contribution in [0.4, 0.5) is 17.1 Å². The van der Waals surface area contributed by atoms with Crippen LogP contribution in [0.15, 0.2) is 53.4 Å². The van der Waals surface area contributed by atoms with E-state index in [4.69, 9.17) is 0 Å². The summed E-state index contributed by atoms with van der Waals surface area (Å²) in [6.07, 6.45) is 0.0589. The van der Waals surface area contributed by atoms with Crippen molar-refractivity contribution in [3.63, 3.8) is 0 Å². The van der Waals surface area contributed by atoms with Crippen LogP contribution in [0.3, 0.4) is 0 Å². The molecule has 1 atom stereocenters. The predicted octanol–water partition coefficient (Wildman–Crippen LogP) is 4.11. The van der Waals surface area contributed by atoms with Crippen LogP contribution in [-0.4, -0.2) is 23.0 Å². The summed E-state index contributed by atoms with van der Waals surface area (Å²) in [5.41, 5.74) is 1.44. The second-order valence-corrected chi connectivity index (χ2v) is 8.87. The Labute approximate surface area is 168 Å². The molecule has 0 spiro atoms. The molecule has 146 valence electrons. The number of fused-ring (bicyclic) bond motifs is 1. The van der Waals surface area contributed by atoms with Gasteiger partial charge in [0.25, 0.3) is 0 Å². The quantitative estimate of drug-likeness (QED) is 0.724. The van der Waals surface area contributed by atoms with E-state index in [9.17, 15) is 14.4 Å². The van der Waals surface area contributed by atoms with Gasteiger partial charge in [0, 0.05) is 28.1 Å². The molecule has 0 bridgehead atoms. The van der Waals surface area contributed by atoms with E-state index >= 15 is 0 Å². The van der Waals surface area contributed by atoms with Crippen molar-refractivity contribution in [1.82, 2.24) is 0 Å². The van der Waals surface area contributed by atoms with Crippen molar-refractivity contribution >= 4 is 46.5 Å². The molecular formula is C21H23N3O3S. The van der Waals surface area contributed by atoms with Gasteiger partial charge in [0.15, 0.2) is 0 Å². The normalized spacial score (nSPS) is 16.0. The third kappa shape index (κ3) is 4.92. The lowest BCUT2D eigenvalue weighted by Gasteiger charge is -2.23. The molecule has 0 radical (unpaired) electrons. The molecule has 0 fully saturated rings. The lowest BCUT2D eigenvalue weighted by Crippen LogP contribution is -2.32. The summed E-state index contributed by atoms with van der Waals surface area (Å²) in [6.45, 7) is 5.50. The van der Waals surface area contributed by atoms with Crippen LogP contribution in [0.2, 0.25) is 0 Å². The molecular weight excluding hydrogens is 374 g/mol. The molecule has 2 aromatic rings. The van der Waals surface area contributed by atoms with Crippen LogP contribution in [0.25, 0.3) is 0 Å². The number of nitrogens with one attached hydrogen (secondary N) is 3. The fourth-order valence-electron chi connectivity index (χ4n) is 2.60. The SMILES string of the molecule is CC(C)(C)C(=O)Nc1cccc(NC(=O)CC2Sc3ccccc3NC2=O)c1. The Kier molecular flexibility index (Phi) is 5.74. The van der Waals surface area contributed by atoms with Crippen LogP contribution in [0.1, 0.15) is 27.2 Å². The minimum Gasteiger partial charge on any atom is -0.326 e. The first-order valence-electron chi connectivity index (χ1n) is 9.00. The first-order valence-corrected chi connectivity index (χ1v) is 9.88. The number of amides is 3. The van der Waals surface area contributed by atoms with Crippen LogP contribution in [0.5, 0.6) is 0 Å². The van der Waals surface area contributed by atoms with E-state index < -0.39 is 10.7 Å². The van der Waals surface area contributed by atoms with Gasteiger partial charge in [-0.3, -0.25) is 14.4 Å². The number of hydrogen-bond donors (Lipinski definition) is 3. The molecule has 0 aliphatic carbocycles. The highest BCUT2D eigenvalue weighted by Crippen LogP contribution is 2.36. The number of thioether (sulfide) groups is 1. The molecule has 7 heteroatoms. The van der Waals surface area contributed by atoms with E-state index in [-0.39, 0.29) is 24.1 Å². The molecule has 1 aliphatic rings. The standard InChI is InChI=1S/C21H23N3O3S/c1-21(2,3)20(27)23-14-8-6-7-13(11-14)22-18(25)12-17-19(26)24-15-9-4-5-10-16(15)28-17/h4-11,17H,12H2,1-3H3,(H,22,25)(H,23,27)(H,24,26). The van der Waals surface area contributed by atoms with Gasteiger partial charge in [-0.05, 0) is 30.3 Å². The lowest BCUT2D eigenvalue weighted by atomic mass is 9.95. The van der Waals surface area contributed by atoms with Crippen molar-refractivity contribution in [3.05, 3.63) is 48.5 Å². The van der Waals surface area contributed by atoms with Crippen LogP contribution in [-0.2, 0) is 14.4 Å². The van der Waals surface area contributed by atoms with Crippen molar-refractivity contribution in [2.45, 2.75) is 37.3 Å². The van der Waals surface area contributed by atoms with Gasteiger partial charge in [-0.1, -0.05) is 39.0 Å². The molecule has 1 unspecified atom stereocenters. The highest BCUT2D eigenvalue weighted by molar-refractivity contribution is 8.01. The smallest absolute Gasteiger partial charge is 0.238 e. The molecule has 6 nitrogen and oxygen atoms in total. The Morgan fingerprint density at radius 2 is 1.71 bits per heavy atom. The van der Waals surface area contributed by atoms with E-state index in [1.807, 2.05) is 45.0 Å². The van der Waals surface area contributed by atoms with Gasteiger partial charge < -0.3 is 16.0 Å². The van der Waals surface area contributed by atoms with Gasteiger partial charge in [-0.25, -0.2) is 0 Å². The van der Waals surface area contributed by atoms with Gasteiger partial charge in [-0.15, -0.1) is 11.8 Å². The molecule has 3 amide bonds. The third-order valence-electron chi connectivity index (χ3n) is 4.16. The zero-order valence-corrected chi connectivity index (χ0v) is 16.9. The molecule has 3 N–H and O–H groups in total. The maximum atomic E-state index is 12.4. The van der Waals surface area contributed by atoms with E-state index in [0.29, 0.717) is 11.4 Å². The van der Waals surface area contributed by atoms with Gasteiger partial charge in [-0.2, -0.15) is 0 Å². The van der Waals surface area contributed by atoms with Crippen molar-refractivity contribution in [2.75, 3.05) is 16.0 Å². The maximum Gasteiger partial charge on any atom is 0.238 e. The fourth-order valence-corrected chi connectivity index (χ4v) is 3.71. The second-order valence-electron chi connectivity index (χ2n) is 7.63. The lowest BCUT2D eigenvalue weighted by molar-refractivity contribution is -0.123. The maximum absolute atomic E-state index is 12.4. The van der Waals surface area contributed by atoms with Crippen molar-refractivity contribution in [1.29, 1.82) is 0 Å². The van der Waals surface area contributed by atoms with Crippen LogP contribution in [0, 0.1) is 5.41 Å². The van der Waals surface area contributed by atoms with E-state index in [0.717, 1.165) is 10.6 Å². The highest BCUT2D eigenvalue weighted by atomic mass is 32.2. The fraction of sp³-hybridized carbons (Fsp3) is 0.286. The van der Waals surface area contributed by atoms with Crippen molar-refractivity contribution in [2.24, 2.45) is 5.41 Å². The largest absolute Gasteiger partial charge is 0.326 e. The summed E-state index contributed by atoms with van der Waals surface area (Å²) in [7, 11) is 0. The number of rotatable bonds is 4. The Balaban J connectivity index is 1.62. The topological polar surface area (TPSA) is 87.3 Å². The number of para-hydroxylation sites is 1. The van der Waals surface area contributed by atoms with E-state index in [1.54, 1.807) is 24.3 Å². The molecule has 0 saturated carbocycles. The zero-order chi connectivity index (χ0) is 20.3. The molecule has 3 rings (SSSR count). The van der Waals surface area contributed by atoms with Gasteiger partial charge >= 0.3 is 0 Å². The predicted molar refractivity (Wildman–Crippen MR) is 112 cm³/mol. The second kappa shape index (κ2) is 8.06. The summed E-state index contributed by atoms with van der Waals surface area (Å²) in [5.74, 6) is -0.540. The molecule has 1 aliphatic heterocycles. The van der Waals surface area contributed by atoms with E-state index in [2.05, 4.69) is 16.0 Å². The minimum atomic E-state index is -0.513. The van der Waals surface area contributed by atoms with Gasteiger partial charge in [0.1, 0.15) is 0 Å². The van der Waals surface area contributed by atoms with Crippen molar-refractivity contribution < 1.29 is 14.4 Å². The minimum absolute atomic E-state index is 0.0589. The number of carbonyl (C=O) groups is 3. The first-order chi connectivity index (χ1) is 13.2. The molecule has 0 saturated heterocycles. The average molecular weight is 398 g/mol. The van der Waals surface area contributed by atoms with Crippen molar-refractivity contribution in [3.8, 4) is 0 Å². The van der Waals surface area contributed by atoms with E-state index in [1.165, 1.54) is 11.8 Å². The average Bonchev–Trinajstić information content (AvgIpc) is 2.62. The molecule has 1 heterocycles. The summed E-state index contributed by atoms with van der Waals surface area (Å²) in [6, 6.07) is 14.5. The Bertz CT molecular complexity index is 921. The first kappa shape index (κ1) is 19.9. The summed E-state index contributed by atoms with van der Waals surface area (Å²) in [5, 5.41) is 7.99. The molecule has 2 aromatic carbocycles. The monoisotopic (exact) mass is 397 g/mol. The Morgan fingerprint density at radius 1 is 1.04 bits per heavy atom. The zero-order valence-electron chi connectivity index (χ0n) is 16.0. The number of carbonyl (C=O) groups excluding carboxylic acids is 3. The molecule has 0 aromatic heterocycles. The van der Waals surface area contributed by atoms with Gasteiger partial charge in [0.05, 0.1) is 10.9 Å². The van der Waals surface area contributed by atoms with Crippen LogP contribution >= 0.6 is 11.8 Å². The number of benzene rings is 2. The Morgan fingerprint density at radius 3 is 2.43 bits per heavy atom. The summed E-state index contributed by atoms with van der Waals surface area (Å²) >= 11 is 1.39. The Hall–Kier alpha value is -2.80. The highest BCUT2D eigenvalue weighted by Gasteiger charge is 2.28. The van der Waals surface area contributed by atoms with Crippen LogP contribution < -0.4 is 16.0 Å². The summed E-state index contributed by atoms with van der Waals surface area (Å²) < 4.78 is 0.